The molecule has 0 aliphatic heterocycles. The van der Waals surface area contributed by atoms with Crippen molar-refractivity contribution in [1.29, 1.82) is 0 Å². The lowest BCUT2D eigenvalue weighted by molar-refractivity contribution is 0.0740. The van der Waals surface area contributed by atoms with Crippen LogP contribution in [0.1, 0.15) is 34.5 Å². The van der Waals surface area contributed by atoms with Gasteiger partial charge in [0, 0.05) is 18.2 Å². The van der Waals surface area contributed by atoms with Crippen LogP contribution in [0.3, 0.4) is 0 Å². The molecule has 3 heteroatoms. The minimum Gasteiger partial charge on any atom is -0.508 e. The highest BCUT2D eigenvalue weighted by Crippen LogP contribution is 2.28. The molecule has 0 spiro atoms. The van der Waals surface area contributed by atoms with E-state index in [1.54, 1.807) is 24.1 Å². The number of rotatable bonds is 3. The number of carbonyl (C=O) groups is 1. The minimum absolute atomic E-state index is 0.0427. The van der Waals surface area contributed by atoms with Crippen LogP contribution in [0, 0.1) is 6.92 Å². The Morgan fingerprint density at radius 1 is 1.10 bits per heavy atom. The molecule has 0 heterocycles. The zero-order chi connectivity index (χ0) is 14.7. The zero-order valence-corrected chi connectivity index (χ0v) is 12.0. The number of carbonyl (C=O) groups excluding carboxylic acids is 1. The van der Waals surface area contributed by atoms with Crippen LogP contribution in [0.2, 0.25) is 0 Å². The highest BCUT2D eigenvalue weighted by atomic mass is 16.3. The van der Waals surface area contributed by atoms with E-state index in [0.29, 0.717) is 5.56 Å². The Hall–Kier alpha value is -2.29. The van der Waals surface area contributed by atoms with E-state index in [0.717, 1.165) is 11.1 Å². The number of aryl methyl sites for hydroxylation is 1. The number of hydrogen-bond donors (Lipinski definition) is 1. The molecule has 0 radical (unpaired) electrons. The summed E-state index contributed by atoms with van der Waals surface area (Å²) in [6.07, 6.45) is 0. The van der Waals surface area contributed by atoms with Crippen molar-refractivity contribution in [2.75, 3.05) is 7.05 Å². The van der Waals surface area contributed by atoms with Gasteiger partial charge in [-0.2, -0.15) is 0 Å². The predicted octanol–water partition coefficient (Wildman–Crippen LogP) is 3.53. The second-order valence-corrected chi connectivity index (χ2v) is 4.97. The molecule has 104 valence electrons. The van der Waals surface area contributed by atoms with Gasteiger partial charge in [-0.05, 0) is 31.5 Å². The lowest BCUT2D eigenvalue weighted by Crippen LogP contribution is -2.30. The number of phenolic OH excluding ortho intramolecular Hbond substituents is 1. The molecule has 0 saturated heterocycles. The molecule has 0 aromatic heterocycles. The fraction of sp³-hybridized carbons (Fsp3) is 0.235. The number of amides is 1. The molecule has 2 aromatic rings. The van der Waals surface area contributed by atoms with Gasteiger partial charge >= 0.3 is 0 Å². The molecule has 1 atom stereocenters. The van der Waals surface area contributed by atoms with E-state index in [1.165, 1.54) is 0 Å². The summed E-state index contributed by atoms with van der Waals surface area (Å²) in [7, 11) is 1.76. The number of benzene rings is 2. The Labute approximate surface area is 119 Å². The third-order valence-corrected chi connectivity index (χ3v) is 3.66. The monoisotopic (exact) mass is 269 g/mol. The van der Waals surface area contributed by atoms with Crippen molar-refractivity contribution >= 4 is 5.91 Å². The standard InChI is InChI=1S/C17H19NO2/c1-12-8-4-5-9-14(12)17(20)18(3)13(2)15-10-6-7-11-16(15)19/h4-11,13,19H,1-3H3. The van der Waals surface area contributed by atoms with Crippen LogP contribution in [-0.2, 0) is 0 Å². The van der Waals surface area contributed by atoms with Crippen molar-refractivity contribution in [3.8, 4) is 5.75 Å². The van der Waals surface area contributed by atoms with Gasteiger partial charge in [0.05, 0.1) is 6.04 Å². The van der Waals surface area contributed by atoms with Crippen LogP contribution >= 0.6 is 0 Å². The number of aromatic hydroxyl groups is 1. The summed E-state index contributed by atoms with van der Waals surface area (Å²) in [6.45, 7) is 3.83. The van der Waals surface area contributed by atoms with Gasteiger partial charge in [-0.3, -0.25) is 4.79 Å². The van der Waals surface area contributed by atoms with E-state index >= 15 is 0 Å². The Bertz CT molecular complexity index is 622. The Morgan fingerprint density at radius 2 is 1.70 bits per heavy atom. The summed E-state index contributed by atoms with van der Waals surface area (Å²) in [5.41, 5.74) is 2.39. The average Bonchev–Trinajstić information content (AvgIpc) is 2.46. The van der Waals surface area contributed by atoms with Crippen LogP contribution in [0.4, 0.5) is 0 Å². The number of para-hydroxylation sites is 1. The van der Waals surface area contributed by atoms with Gasteiger partial charge in [0.1, 0.15) is 5.75 Å². The van der Waals surface area contributed by atoms with Gasteiger partial charge < -0.3 is 10.0 Å². The molecular formula is C17H19NO2. The van der Waals surface area contributed by atoms with Crippen LogP contribution in [0.15, 0.2) is 48.5 Å². The number of phenols is 1. The van der Waals surface area contributed by atoms with Gasteiger partial charge in [-0.1, -0.05) is 36.4 Å². The molecule has 0 fully saturated rings. The van der Waals surface area contributed by atoms with E-state index in [2.05, 4.69) is 0 Å². The fourth-order valence-corrected chi connectivity index (χ4v) is 2.23. The molecule has 3 nitrogen and oxygen atoms in total. The van der Waals surface area contributed by atoms with Gasteiger partial charge in [0.2, 0.25) is 0 Å². The van der Waals surface area contributed by atoms with Crippen molar-refractivity contribution in [1.82, 2.24) is 4.90 Å². The Morgan fingerprint density at radius 3 is 2.35 bits per heavy atom. The Kier molecular flexibility index (Phi) is 4.08. The molecule has 0 saturated carbocycles. The third kappa shape index (κ3) is 2.67. The van der Waals surface area contributed by atoms with Crippen molar-refractivity contribution in [2.45, 2.75) is 19.9 Å². The van der Waals surface area contributed by atoms with E-state index in [9.17, 15) is 9.90 Å². The maximum atomic E-state index is 12.5. The molecule has 1 N–H and O–H groups in total. The second-order valence-electron chi connectivity index (χ2n) is 4.97. The quantitative estimate of drug-likeness (QED) is 0.926. The average molecular weight is 269 g/mol. The van der Waals surface area contributed by atoms with Crippen molar-refractivity contribution in [3.63, 3.8) is 0 Å². The first-order chi connectivity index (χ1) is 9.52. The molecule has 20 heavy (non-hydrogen) atoms. The van der Waals surface area contributed by atoms with E-state index in [1.807, 2.05) is 50.2 Å². The summed E-state index contributed by atoms with van der Waals surface area (Å²) >= 11 is 0. The highest BCUT2D eigenvalue weighted by Gasteiger charge is 2.21. The maximum Gasteiger partial charge on any atom is 0.254 e. The van der Waals surface area contributed by atoms with Crippen LogP contribution in [0.5, 0.6) is 5.75 Å². The summed E-state index contributed by atoms with van der Waals surface area (Å²) in [5.74, 6) is 0.170. The van der Waals surface area contributed by atoms with E-state index in [-0.39, 0.29) is 17.7 Å². The summed E-state index contributed by atoms with van der Waals surface area (Å²) < 4.78 is 0. The molecule has 0 aliphatic rings. The molecule has 1 amide bonds. The molecule has 0 bridgehead atoms. The largest absolute Gasteiger partial charge is 0.508 e. The summed E-state index contributed by atoms with van der Waals surface area (Å²) in [4.78, 5) is 14.2. The first-order valence-corrected chi connectivity index (χ1v) is 6.63. The normalized spacial score (nSPS) is 11.9. The molecule has 2 aromatic carbocycles. The SMILES string of the molecule is Cc1ccccc1C(=O)N(C)C(C)c1ccccc1O. The van der Waals surface area contributed by atoms with Crippen molar-refractivity contribution in [2.24, 2.45) is 0 Å². The lowest BCUT2D eigenvalue weighted by atomic mass is 10.0. The molecule has 0 aliphatic carbocycles. The highest BCUT2D eigenvalue weighted by molar-refractivity contribution is 5.95. The lowest BCUT2D eigenvalue weighted by Gasteiger charge is -2.26. The van der Waals surface area contributed by atoms with Crippen LogP contribution < -0.4 is 0 Å². The summed E-state index contributed by atoms with van der Waals surface area (Å²) in [6, 6.07) is 14.4. The second kappa shape index (κ2) is 5.78. The van der Waals surface area contributed by atoms with Gasteiger partial charge in [0.25, 0.3) is 5.91 Å². The van der Waals surface area contributed by atoms with E-state index < -0.39 is 0 Å². The number of hydrogen-bond acceptors (Lipinski definition) is 2. The van der Waals surface area contributed by atoms with Crippen LogP contribution in [0.25, 0.3) is 0 Å². The van der Waals surface area contributed by atoms with Crippen molar-refractivity contribution in [3.05, 3.63) is 65.2 Å². The smallest absolute Gasteiger partial charge is 0.254 e. The first kappa shape index (κ1) is 14.1. The van der Waals surface area contributed by atoms with Gasteiger partial charge in [0.15, 0.2) is 0 Å². The Balaban J connectivity index is 2.28. The first-order valence-electron chi connectivity index (χ1n) is 6.63. The molecular weight excluding hydrogens is 250 g/mol. The van der Waals surface area contributed by atoms with Gasteiger partial charge in [-0.25, -0.2) is 0 Å². The van der Waals surface area contributed by atoms with Gasteiger partial charge in [-0.15, -0.1) is 0 Å². The maximum absolute atomic E-state index is 12.5. The molecule has 1 unspecified atom stereocenters. The van der Waals surface area contributed by atoms with Crippen LogP contribution in [-0.4, -0.2) is 23.0 Å². The fourth-order valence-electron chi connectivity index (χ4n) is 2.23. The predicted molar refractivity (Wildman–Crippen MR) is 79.8 cm³/mol. The molecule has 2 rings (SSSR count). The van der Waals surface area contributed by atoms with E-state index in [4.69, 9.17) is 0 Å². The minimum atomic E-state index is -0.191. The third-order valence-electron chi connectivity index (χ3n) is 3.66. The zero-order valence-electron chi connectivity index (χ0n) is 12.0. The number of nitrogens with zero attached hydrogens (tertiary/aromatic N) is 1. The topological polar surface area (TPSA) is 40.5 Å². The van der Waals surface area contributed by atoms with Crippen molar-refractivity contribution < 1.29 is 9.90 Å². The summed E-state index contributed by atoms with van der Waals surface area (Å²) in [5, 5.41) is 9.90.